The molecule has 1 amide bonds. The highest BCUT2D eigenvalue weighted by atomic mass is 35.5. The maximum atomic E-state index is 13.9. The summed E-state index contributed by atoms with van der Waals surface area (Å²) < 4.78 is 21.3. The molecule has 0 N–H and O–H groups in total. The summed E-state index contributed by atoms with van der Waals surface area (Å²) in [4.78, 5) is 28.9. The molecule has 0 saturated carbocycles. The number of amides is 1. The number of benzene rings is 2. The number of esters is 1. The Balaban J connectivity index is 2.19. The van der Waals surface area contributed by atoms with E-state index in [4.69, 9.17) is 16.3 Å². The van der Waals surface area contributed by atoms with Gasteiger partial charge in [-0.15, -0.1) is 0 Å². The number of rotatable bonds is 4. The van der Waals surface area contributed by atoms with Crippen molar-refractivity contribution < 1.29 is 18.7 Å². The number of hydrogen-bond donors (Lipinski definition) is 0. The normalized spacial score (nSPS) is 11.8. The van der Waals surface area contributed by atoms with Crippen LogP contribution in [-0.4, -0.2) is 23.1 Å². The standard InChI is InChI=1S/C19H16ClFN2O3S/c1-3-26-16(24)10-23-17-11(2)13(20)8-9-15(17)27-19(23)22-18(25)12-6-4-5-7-14(12)21/h4-9H,3,10H2,1-2H3. The Morgan fingerprint density at radius 1 is 1.26 bits per heavy atom. The van der Waals surface area contributed by atoms with Crippen LogP contribution in [-0.2, 0) is 16.1 Å². The lowest BCUT2D eigenvalue weighted by atomic mass is 10.2. The highest BCUT2D eigenvalue weighted by Crippen LogP contribution is 2.27. The molecule has 0 radical (unpaired) electrons. The molecular weight excluding hydrogens is 391 g/mol. The molecule has 0 unspecified atom stereocenters. The van der Waals surface area contributed by atoms with E-state index in [1.54, 1.807) is 29.7 Å². The van der Waals surface area contributed by atoms with Gasteiger partial charge in [-0.1, -0.05) is 35.1 Å². The van der Waals surface area contributed by atoms with E-state index in [1.807, 2.05) is 6.92 Å². The first kappa shape index (κ1) is 19.3. The van der Waals surface area contributed by atoms with Gasteiger partial charge in [0, 0.05) is 5.02 Å². The quantitative estimate of drug-likeness (QED) is 0.612. The Morgan fingerprint density at radius 2 is 2.00 bits per heavy atom. The summed E-state index contributed by atoms with van der Waals surface area (Å²) in [6.07, 6.45) is 0. The van der Waals surface area contributed by atoms with Crippen molar-refractivity contribution in [3.8, 4) is 0 Å². The predicted octanol–water partition coefficient (Wildman–Crippen LogP) is 4.11. The first-order chi connectivity index (χ1) is 12.9. The van der Waals surface area contributed by atoms with Gasteiger partial charge in [0.1, 0.15) is 12.4 Å². The average Bonchev–Trinajstić information content (AvgIpc) is 2.96. The monoisotopic (exact) mass is 406 g/mol. The van der Waals surface area contributed by atoms with E-state index in [9.17, 15) is 14.0 Å². The van der Waals surface area contributed by atoms with Gasteiger partial charge in [0.15, 0.2) is 4.80 Å². The van der Waals surface area contributed by atoms with Gasteiger partial charge in [0.05, 0.1) is 22.4 Å². The molecule has 0 saturated heterocycles. The van der Waals surface area contributed by atoms with Crippen molar-refractivity contribution in [1.82, 2.24) is 4.57 Å². The number of halogens is 2. The molecule has 2 aromatic carbocycles. The highest BCUT2D eigenvalue weighted by molar-refractivity contribution is 7.16. The van der Waals surface area contributed by atoms with Crippen molar-refractivity contribution in [3.63, 3.8) is 0 Å². The molecule has 3 aromatic rings. The number of nitrogens with zero attached hydrogens (tertiary/aromatic N) is 2. The van der Waals surface area contributed by atoms with Crippen LogP contribution >= 0.6 is 22.9 Å². The molecule has 1 heterocycles. The molecule has 0 aliphatic rings. The predicted molar refractivity (Wildman–Crippen MR) is 102 cm³/mol. The largest absolute Gasteiger partial charge is 0.465 e. The third kappa shape index (κ3) is 3.94. The fraction of sp³-hybridized carbons (Fsp3) is 0.211. The summed E-state index contributed by atoms with van der Waals surface area (Å²) in [6.45, 7) is 3.64. The number of carbonyl (C=O) groups is 2. The van der Waals surface area contributed by atoms with Crippen LogP contribution in [0.15, 0.2) is 41.4 Å². The number of aromatic nitrogens is 1. The summed E-state index contributed by atoms with van der Waals surface area (Å²) in [5, 5.41) is 0.532. The summed E-state index contributed by atoms with van der Waals surface area (Å²) in [6, 6.07) is 9.16. The summed E-state index contributed by atoms with van der Waals surface area (Å²) in [7, 11) is 0. The smallest absolute Gasteiger partial charge is 0.326 e. The minimum absolute atomic E-state index is 0.127. The van der Waals surface area contributed by atoms with Gasteiger partial charge in [0.2, 0.25) is 0 Å². The van der Waals surface area contributed by atoms with E-state index in [0.29, 0.717) is 10.5 Å². The number of hydrogen-bond acceptors (Lipinski definition) is 4. The number of carbonyl (C=O) groups excluding carboxylic acids is 2. The van der Waals surface area contributed by atoms with Crippen molar-refractivity contribution in [1.29, 1.82) is 0 Å². The first-order valence-corrected chi connectivity index (χ1v) is 9.39. The second kappa shape index (κ2) is 8.02. The van der Waals surface area contributed by atoms with Gasteiger partial charge in [-0.05, 0) is 43.7 Å². The molecule has 140 valence electrons. The molecule has 0 spiro atoms. The van der Waals surface area contributed by atoms with Crippen LogP contribution in [0.1, 0.15) is 22.8 Å². The zero-order valence-corrected chi connectivity index (χ0v) is 16.2. The van der Waals surface area contributed by atoms with Crippen molar-refractivity contribution in [2.24, 2.45) is 4.99 Å². The number of ether oxygens (including phenoxy) is 1. The van der Waals surface area contributed by atoms with E-state index in [1.165, 1.54) is 29.5 Å². The number of fused-ring (bicyclic) bond motifs is 1. The van der Waals surface area contributed by atoms with E-state index in [0.717, 1.165) is 10.3 Å². The zero-order valence-electron chi connectivity index (χ0n) is 14.7. The molecule has 0 bridgehead atoms. The average molecular weight is 407 g/mol. The highest BCUT2D eigenvalue weighted by Gasteiger charge is 2.16. The topological polar surface area (TPSA) is 60.7 Å². The van der Waals surface area contributed by atoms with Crippen LogP contribution in [0, 0.1) is 12.7 Å². The lowest BCUT2D eigenvalue weighted by Crippen LogP contribution is -2.23. The van der Waals surface area contributed by atoms with Gasteiger partial charge >= 0.3 is 5.97 Å². The van der Waals surface area contributed by atoms with Gasteiger partial charge in [-0.3, -0.25) is 9.59 Å². The van der Waals surface area contributed by atoms with E-state index in [2.05, 4.69) is 4.99 Å². The number of thiazole rings is 1. The Kier molecular flexibility index (Phi) is 5.72. The van der Waals surface area contributed by atoms with E-state index < -0.39 is 17.7 Å². The summed E-state index contributed by atoms with van der Waals surface area (Å²) >= 11 is 7.44. The van der Waals surface area contributed by atoms with Crippen LogP contribution in [0.2, 0.25) is 5.02 Å². The zero-order chi connectivity index (χ0) is 19.6. The van der Waals surface area contributed by atoms with Crippen LogP contribution in [0.5, 0.6) is 0 Å². The van der Waals surface area contributed by atoms with Gasteiger partial charge < -0.3 is 9.30 Å². The fourth-order valence-corrected chi connectivity index (χ4v) is 3.90. The van der Waals surface area contributed by atoms with E-state index in [-0.39, 0.29) is 23.5 Å². The maximum absolute atomic E-state index is 13.9. The Hall–Kier alpha value is -2.51. The molecular formula is C19H16ClFN2O3S. The van der Waals surface area contributed by atoms with Gasteiger partial charge in [-0.25, -0.2) is 4.39 Å². The van der Waals surface area contributed by atoms with E-state index >= 15 is 0 Å². The fourth-order valence-electron chi connectivity index (χ4n) is 2.66. The molecule has 5 nitrogen and oxygen atoms in total. The third-order valence-electron chi connectivity index (χ3n) is 3.92. The third-order valence-corrected chi connectivity index (χ3v) is 5.38. The summed E-state index contributed by atoms with van der Waals surface area (Å²) in [5.41, 5.74) is 1.32. The second-order valence-electron chi connectivity index (χ2n) is 5.69. The maximum Gasteiger partial charge on any atom is 0.326 e. The first-order valence-electron chi connectivity index (χ1n) is 8.20. The number of aryl methyl sites for hydroxylation is 1. The van der Waals surface area contributed by atoms with Crippen molar-refractivity contribution in [2.75, 3.05) is 6.61 Å². The van der Waals surface area contributed by atoms with Gasteiger partial charge in [0.25, 0.3) is 5.91 Å². The van der Waals surface area contributed by atoms with Crippen molar-refractivity contribution in [3.05, 3.63) is 63.2 Å². The van der Waals surface area contributed by atoms with Crippen molar-refractivity contribution >= 4 is 45.0 Å². The lowest BCUT2D eigenvalue weighted by Gasteiger charge is -2.08. The molecule has 3 rings (SSSR count). The molecule has 1 aromatic heterocycles. The Labute approximate surface area is 163 Å². The minimum Gasteiger partial charge on any atom is -0.465 e. The molecule has 0 fully saturated rings. The molecule has 0 aliphatic heterocycles. The Bertz CT molecular complexity index is 1100. The molecule has 0 atom stereocenters. The SMILES string of the molecule is CCOC(=O)Cn1c(=NC(=O)c2ccccc2F)sc2ccc(Cl)c(C)c21. The molecule has 8 heteroatoms. The Morgan fingerprint density at radius 3 is 2.70 bits per heavy atom. The molecule has 27 heavy (non-hydrogen) atoms. The molecule has 0 aliphatic carbocycles. The van der Waals surface area contributed by atoms with Crippen LogP contribution in [0.4, 0.5) is 4.39 Å². The van der Waals surface area contributed by atoms with Crippen LogP contribution in [0.25, 0.3) is 10.2 Å². The summed E-state index contributed by atoms with van der Waals surface area (Å²) in [5.74, 6) is -1.83. The lowest BCUT2D eigenvalue weighted by molar-refractivity contribution is -0.143. The van der Waals surface area contributed by atoms with Crippen LogP contribution in [0.3, 0.4) is 0 Å². The van der Waals surface area contributed by atoms with Crippen molar-refractivity contribution in [2.45, 2.75) is 20.4 Å². The minimum atomic E-state index is -0.721. The van der Waals surface area contributed by atoms with Gasteiger partial charge in [-0.2, -0.15) is 4.99 Å². The second-order valence-corrected chi connectivity index (χ2v) is 7.11. The van der Waals surface area contributed by atoms with Crippen LogP contribution < -0.4 is 4.80 Å².